The van der Waals surface area contributed by atoms with Crippen LogP contribution < -0.4 is 4.90 Å². The van der Waals surface area contributed by atoms with Crippen LogP contribution in [0.2, 0.25) is 0 Å². The van der Waals surface area contributed by atoms with Gasteiger partial charge in [-0.1, -0.05) is 42.5 Å². The zero-order chi connectivity index (χ0) is 22.5. The standard InChI is InChI=1S/C28H33N3O2/c32-21-27(11-12-27)31-18-16-29(17-19-31)25-8-6-24(7-9-25)28(13-14-28)26(33)30-15-10-23(20-30)22-4-2-1-3-5-22/h1-9,21,23H,10-20H2. The fourth-order valence-corrected chi connectivity index (χ4v) is 6.03. The maximum atomic E-state index is 13.5. The van der Waals surface area contributed by atoms with Crippen LogP contribution in [0.3, 0.4) is 0 Å². The summed E-state index contributed by atoms with van der Waals surface area (Å²) in [6.45, 7) is 5.50. The Kier molecular flexibility index (Phi) is 5.06. The van der Waals surface area contributed by atoms with Crippen LogP contribution in [-0.2, 0) is 15.0 Å². The van der Waals surface area contributed by atoms with Crippen LogP contribution in [-0.4, -0.2) is 66.8 Å². The number of hydrogen-bond donors (Lipinski definition) is 0. The first-order valence-corrected chi connectivity index (χ1v) is 12.5. The van der Waals surface area contributed by atoms with Crippen LogP contribution in [0.4, 0.5) is 5.69 Å². The van der Waals surface area contributed by atoms with E-state index in [1.807, 2.05) is 0 Å². The van der Waals surface area contributed by atoms with Gasteiger partial charge in [-0.05, 0) is 55.4 Å². The molecule has 0 bridgehead atoms. The van der Waals surface area contributed by atoms with E-state index in [1.54, 1.807) is 0 Å². The molecule has 2 aromatic rings. The minimum absolute atomic E-state index is 0.149. The lowest BCUT2D eigenvalue weighted by molar-refractivity contribution is -0.132. The topological polar surface area (TPSA) is 43.9 Å². The fourth-order valence-electron chi connectivity index (χ4n) is 6.03. The van der Waals surface area contributed by atoms with E-state index in [4.69, 9.17) is 0 Å². The number of amides is 1. The number of benzene rings is 2. The highest BCUT2D eigenvalue weighted by Gasteiger charge is 2.54. The first kappa shape index (κ1) is 20.9. The van der Waals surface area contributed by atoms with Crippen molar-refractivity contribution in [2.24, 2.45) is 0 Å². The average Bonchev–Trinajstić information content (AvgIpc) is 3.81. The minimum Gasteiger partial charge on any atom is -0.369 e. The van der Waals surface area contributed by atoms with Crippen LogP contribution in [0.25, 0.3) is 0 Å². The number of anilines is 1. The second-order valence-electron chi connectivity index (χ2n) is 10.5. The minimum atomic E-state index is -0.300. The van der Waals surface area contributed by atoms with Crippen molar-refractivity contribution in [3.8, 4) is 0 Å². The second kappa shape index (κ2) is 7.98. The maximum Gasteiger partial charge on any atom is 0.233 e. The third-order valence-electron chi connectivity index (χ3n) is 8.58. The Bertz CT molecular complexity index is 1020. The van der Waals surface area contributed by atoms with Gasteiger partial charge in [0.1, 0.15) is 6.29 Å². The van der Waals surface area contributed by atoms with Gasteiger partial charge < -0.3 is 14.6 Å². The number of nitrogens with zero attached hydrogens (tertiary/aromatic N) is 3. The molecule has 0 N–H and O–H groups in total. The highest BCUT2D eigenvalue weighted by molar-refractivity contribution is 5.91. The molecule has 2 saturated carbocycles. The lowest BCUT2D eigenvalue weighted by Gasteiger charge is -2.39. The van der Waals surface area contributed by atoms with E-state index in [0.717, 1.165) is 77.7 Å². The molecule has 172 valence electrons. The van der Waals surface area contributed by atoms with Gasteiger partial charge in [-0.3, -0.25) is 9.69 Å². The highest BCUT2D eigenvalue weighted by atomic mass is 16.2. The Morgan fingerprint density at radius 3 is 2.15 bits per heavy atom. The number of carbonyl (C=O) groups is 2. The number of piperazine rings is 1. The van der Waals surface area contributed by atoms with Gasteiger partial charge >= 0.3 is 0 Å². The van der Waals surface area contributed by atoms with E-state index >= 15 is 0 Å². The maximum absolute atomic E-state index is 13.5. The molecule has 1 unspecified atom stereocenters. The molecule has 1 atom stereocenters. The number of aldehydes is 1. The summed E-state index contributed by atoms with van der Waals surface area (Å²) in [7, 11) is 0. The summed E-state index contributed by atoms with van der Waals surface area (Å²) < 4.78 is 0. The molecule has 2 aliphatic heterocycles. The largest absolute Gasteiger partial charge is 0.369 e. The second-order valence-corrected chi connectivity index (χ2v) is 10.5. The number of hydrogen-bond acceptors (Lipinski definition) is 4. The van der Waals surface area contributed by atoms with Gasteiger partial charge in [0.05, 0.1) is 11.0 Å². The van der Waals surface area contributed by atoms with Crippen molar-refractivity contribution in [1.82, 2.24) is 9.80 Å². The molecule has 4 fully saturated rings. The molecule has 0 radical (unpaired) electrons. The lowest BCUT2D eigenvalue weighted by atomic mass is 9.93. The Morgan fingerprint density at radius 1 is 0.848 bits per heavy atom. The molecule has 5 nitrogen and oxygen atoms in total. The van der Waals surface area contributed by atoms with Crippen LogP contribution in [0.1, 0.15) is 49.1 Å². The Labute approximate surface area is 196 Å². The average molecular weight is 444 g/mol. The van der Waals surface area contributed by atoms with E-state index < -0.39 is 0 Å². The lowest BCUT2D eigenvalue weighted by Crippen LogP contribution is -2.52. The van der Waals surface area contributed by atoms with E-state index in [-0.39, 0.29) is 11.0 Å². The van der Waals surface area contributed by atoms with Crippen molar-refractivity contribution in [2.75, 3.05) is 44.2 Å². The number of carbonyl (C=O) groups excluding carboxylic acids is 2. The summed E-state index contributed by atoms with van der Waals surface area (Å²) in [6.07, 6.45) is 6.18. The summed E-state index contributed by atoms with van der Waals surface area (Å²) in [5.41, 5.74) is 3.30. The third kappa shape index (κ3) is 3.67. The van der Waals surface area contributed by atoms with Crippen LogP contribution in [0.5, 0.6) is 0 Å². The predicted molar refractivity (Wildman–Crippen MR) is 130 cm³/mol. The summed E-state index contributed by atoms with van der Waals surface area (Å²) in [5, 5.41) is 0. The van der Waals surface area contributed by atoms with Crippen LogP contribution in [0.15, 0.2) is 54.6 Å². The zero-order valence-corrected chi connectivity index (χ0v) is 19.3. The molecular weight excluding hydrogens is 410 g/mol. The Hall–Kier alpha value is -2.66. The Balaban J connectivity index is 1.10. The van der Waals surface area contributed by atoms with Gasteiger partial charge in [0.2, 0.25) is 5.91 Å². The van der Waals surface area contributed by atoms with Gasteiger partial charge in [-0.2, -0.15) is 0 Å². The SMILES string of the molecule is O=CC1(N2CCN(c3ccc(C4(C(=O)N5CCC(c6ccccc6)C5)CC4)cc3)CC2)CC1. The van der Waals surface area contributed by atoms with Crippen molar-refractivity contribution in [1.29, 1.82) is 0 Å². The van der Waals surface area contributed by atoms with Crippen molar-refractivity contribution in [3.05, 3.63) is 65.7 Å². The predicted octanol–water partition coefficient (Wildman–Crippen LogP) is 3.59. The van der Waals surface area contributed by atoms with E-state index in [9.17, 15) is 9.59 Å². The van der Waals surface area contributed by atoms with Gasteiger partial charge in [-0.25, -0.2) is 0 Å². The van der Waals surface area contributed by atoms with E-state index in [1.165, 1.54) is 16.8 Å². The molecule has 2 saturated heterocycles. The molecule has 0 spiro atoms. The molecule has 2 aliphatic carbocycles. The van der Waals surface area contributed by atoms with E-state index in [0.29, 0.717) is 11.8 Å². The summed E-state index contributed by atoms with van der Waals surface area (Å²) in [4.78, 5) is 31.9. The van der Waals surface area contributed by atoms with Crippen LogP contribution >= 0.6 is 0 Å². The molecular formula is C28H33N3O2. The van der Waals surface area contributed by atoms with Crippen molar-refractivity contribution >= 4 is 17.9 Å². The normalized spacial score (nSPS) is 25.6. The van der Waals surface area contributed by atoms with Crippen molar-refractivity contribution < 1.29 is 9.59 Å². The quantitative estimate of drug-likeness (QED) is 0.640. The summed E-state index contributed by atoms with van der Waals surface area (Å²) in [5.74, 6) is 0.784. The zero-order valence-electron chi connectivity index (χ0n) is 19.3. The van der Waals surface area contributed by atoms with Gasteiger partial charge in [0.25, 0.3) is 0 Å². The third-order valence-corrected chi connectivity index (χ3v) is 8.58. The molecule has 33 heavy (non-hydrogen) atoms. The van der Waals surface area contributed by atoms with Crippen molar-refractivity contribution in [3.63, 3.8) is 0 Å². The fraction of sp³-hybridized carbons (Fsp3) is 0.500. The summed E-state index contributed by atoms with van der Waals surface area (Å²) >= 11 is 0. The number of rotatable bonds is 6. The van der Waals surface area contributed by atoms with E-state index in [2.05, 4.69) is 69.3 Å². The van der Waals surface area contributed by atoms with Gasteiger partial charge in [-0.15, -0.1) is 0 Å². The van der Waals surface area contributed by atoms with Crippen molar-refractivity contribution in [2.45, 2.75) is 49.0 Å². The summed E-state index contributed by atoms with van der Waals surface area (Å²) in [6, 6.07) is 19.4. The Morgan fingerprint density at radius 2 is 1.55 bits per heavy atom. The first-order valence-electron chi connectivity index (χ1n) is 12.5. The smallest absolute Gasteiger partial charge is 0.233 e. The molecule has 2 aromatic carbocycles. The molecule has 4 aliphatic rings. The van der Waals surface area contributed by atoms with Gasteiger partial charge in [0.15, 0.2) is 0 Å². The van der Waals surface area contributed by atoms with Gasteiger partial charge in [0, 0.05) is 50.9 Å². The molecule has 0 aromatic heterocycles. The highest BCUT2D eigenvalue weighted by Crippen LogP contribution is 2.51. The monoisotopic (exact) mass is 443 g/mol. The number of likely N-dealkylation sites (tertiary alicyclic amines) is 1. The van der Waals surface area contributed by atoms with Crippen LogP contribution in [0, 0.1) is 0 Å². The molecule has 2 heterocycles. The first-order chi connectivity index (χ1) is 16.1. The molecule has 6 rings (SSSR count). The molecule has 1 amide bonds. The molecule has 5 heteroatoms.